The Morgan fingerprint density at radius 1 is 0.417 bits per heavy atom. The van der Waals surface area contributed by atoms with Crippen LogP contribution in [0, 0.1) is 0 Å². The van der Waals surface area contributed by atoms with Gasteiger partial charge in [0.2, 0.25) is 0 Å². The fraction of sp³-hybridized carbons (Fsp3) is 0. The Labute approximate surface area is 283 Å². The van der Waals surface area contributed by atoms with E-state index in [0.29, 0.717) is 17.5 Å². The molecule has 0 fully saturated rings. The predicted molar refractivity (Wildman–Crippen MR) is 203 cm³/mol. The van der Waals surface area contributed by atoms with E-state index in [1.165, 1.54) is 25.6 Å². The minimum atomic E-state index is 0.644. The average molecular weight is 649 g/mol. The number of hydrogen-bond donors (Lipinski definition) is 0. The van der Waals surface area contributed by atoms with Gasteiger partial charge in [0.05, 0.1) is 10.2 Å². The van der Waals surface area contributed by atoms with Crippen molar-refractivity contribution in [3.8, 4) is 44.7 Å². The van der Waals surface area contributed by atoms with Crippen molar-refractivity contribution in [2.24, 2.45) is 0 Å². The molecular weight excluding hydrogens is 625 g/mol. The monoisotopic (exact) mass is 648 g/mol. The van der Waals surface area contributed by atoms with E-state index < -0.39 is 0 Å². The summed E-state index contributed by atoms with van der Waals surface area (Å²) in [5.74, 6) is 1.95. The van der Waals surface area contributed by atoms with E-state index in [9.17, 15) is 0 Å². The lowest BCUT2D eigenvalue weighted by Crippen LogP contribution is -2.01. The highest BCUT2D eigenvalue weighted by Crippen LogP contribution is 2.47. The van der Waals surface area contributed by atoms with Crippen LogP contribution in [0.25, 0.3) is 96.7 Å². The Bertz CT molecular complexity index is 2840. The second-order valence-corrected chi connectivity index (χ2v) is 13.9. The quantitative estimate of drug-likeness (QED) is 0.178. The summed E-state index contributed by atoms with van der Waals surface area (Å²) in [5.41, 5.74) is 4.98. The molecule has 0 aliphatic rings. The summed E-state index contributed by atoms with van der Waals surface area (Å²) in [4.78, 5) is 21.0. The van der Waals surface area contributed by atoms with Gasteiger partial charge in [0.15, 0.2) is 17.5 Å². The van der Waals surface area contributed by atoms with Gasteiger partial charge in [-0.15, -0.1) is 22.7 Å². The second kappa shape index (κ2) is 10.9. The average Bonchev–Trinajstić information content (AvgIpc) is 3.75. The van der Waals surface area contributed by atoms with E-state index >= 15 is 0 Å². The number of benzene rings is 7. The third-order valence-electron chi connectivity index (χ3n) is 8.94. The van der Waals surface area contributed by atoms with Crippen LogP contribution in [0.15, 0.2) is 146 Å². The molecule has 10 aromatic rings. The molecule has 0 N–H and O–H groups in total. The van der Waals surface area contributed by atoms with Gasteiger partial charge in [-0.3, -0.25) is 0 Å². The SMILES string of the molecule is c1ccc(-c2nc(-c3cc4ccccc4c4ccccc34)nc(-c3c4sc(-c5ccccc5)nc4cc4sc5ccccc5c34)n2)cc1. The third kappa shape index (κ3) is 4.34. The Morgan fingerprint density at radius 3 is 1.85 bits per heavy atom. The first-order valence-corrected chi connectivity index (χ1v) is 17.4. The van der Waals surface area contributed by atoms with Gasteiger partial charge in [0, 0.05) is 42.4 Å². The molecule has 7 aromatic carbocycles. The molecule has 0 aliphatic carbocycles. The van der Waals surface area contributed by atoms with Gasteiger partial charge >= 0.3 is 0 Å². The Morgan fingerprint density at radius 2 is 1.04 bits per heavy atom. The molecule has 3 aromatic heterocycles. The van der Waals surface area contributed by atoms with Crippen LogP contribution in [-0.2, 0) is 0 Å². The molecule has 3 heterocycles. The zero-order chi connectivity index (χ0) is 31.6. The predicted octanol–water partition coefficient (Wildman–Crippen LogP) is 11.8. The van der Waals surface area contributed by atoms with Crippen LogP contribution in [0.1, 0.15) is 0 Å². The van der Waals surface area contributed by atoms with Gasteiger partial charge in [-0.25, -0.2) is 19.9 Å². The summed E-state index contributed by atoms with van der Waals surface area (Å²) < 4.78 is 3.47. The van der Waals surface area contributed by atoms with E-state index in [0.717, 1.165) is 53.6 Å². The van der Waals surface area contributed by atoms with Gasteiger partial charge in [0.25, 0.3) is 0 Å². The summed E-state index contributed by atoms with van der Waals surface area (Å²) >= 11 is 3.49. The second-order valence-electron chi connectivity index (χ2n) is 11.8. The van der Waals surface area contributed by atoms with Crippen LogP contribution in [0.4, 0.5) is 0 Å². The minimum absolute atomic E-state index is 0.644. The first-order valence-electron chi connectivity index (χ1n) is 15.8. The molecule has 4 nitrogen and oxygen atoms in total. The smallest absolute Gasteiger partial charge is 0.166 e. The number of rotatable bonds is 4. The largest absolute Gasteiger partial charge is 0.236 e. The number of thiophene rings is 1. The Balaban J connectivity index is 1.34. The van der Waals surface area contributed by atoms with Crippen molar-refractivity contribution >= 4 is 74.6 Å². The van der Waals surface area contributed by atoms with E-state index in [1.54, 1.807) is 22.7 Å². The van der Waals surface area contributed by atoms with Crippen molar-refractivity contribution in [3.63, 3.8) is 0 Å². The van der Waals surface area contributed by atoms with Crippen molar-refractivity contribution in [2.45, 2.75) is 0 Å². The molecule has 0 aliphatic heterocycles. The molecule has 0 radical (unpaired) electrons. The maximum atomic E-state index is 5.39. The van der Waals surface area contributed by atoms with E-state index in [2.05, 4.69) is 121 Å². The van der Waals surface area contributed by atoms with Crippen molar-refractivity contribution in [2.75, 3.05) is 0 Å². The van der Waals surface area contributed by atoms with Crippen molar-refractivity contribution in [3.05, 3.63) is 146 Å². The summed E-state index contributed by atoms with van der Waals surface area (Å²) in [7, 11) is 0. The number of nitrogens with zero attached hydrogens (tertiary/aromatic N) is 4. The molecule has 0 amide bonds. The summed E-state index contributed by atoms with van der Waals surface area (Å²) in [6.07, 6.45) is 0. The van der Waals surface area contributed by atoms with Gasteiger partial charge in [-0.05, 0) is 39.7 Å². The molecule has 0 saturated carbocycles. The van der Waals surface area contributed by atoms with E-state index in [-0.39, 0.29) is 0 Å². The highest BCUT2D eigenvalue weighted by Gasteiger charge is 2.23. The summed E-state index contributed by atoms with van der Waals surface area (Å²) in [6, 6.07) is 50.8. The van der Waals surface area contributed by atoms with Crippen LogP contribution >= 0.6 is 22.7 Å². The Kier molecular flexibility index (Phi) is 6.19. The number of thiazole rings is 1. The fourth-order valence-corrected chi connectivity index (χ4v) is 9.00. The van der Waals surface area contributed by atoms with Crippen molar-refractivity contribution < 1.29 is 0 Å². The van der Waals surface area contributed by atoms with Gasteiger partial charge in [-0.2, -0.15) is 0 Å². The zero-order valence-electron chi connectivity index (χ0n) is 25.5. The van der Waals surface area contributed by atoms with Gasteiger partial charge in [0.1, 0.15) is 5.01 Å². The third-order valence-corrected chi connectivity index (χ3v) is 11.2. The molecule has 224 valence electrons. The standard InChI is InChI=1S/C42H24N4S2/c1-3-13-25(14-4-1)39-44-40(32-23-27-17-7-8-18-28(27)29-19-9-10-20-30(29)32)46-41(45-39)37-36-31-21-11-12-22-34(31)47-35(36)24-33-38(37)48-42(43-33)26-15-5-2-6-16-26/h1-24H. The van der Waals surface area contributed by atoms with E-state index in [4.69, 9.17) is 19.9 Å². The maximum absolute atomic E-state index is 5.39. The highest BCUT2D eigenvalue weighted by molar-refractivity contribution is 7.26. The first kappa shape index (κ1) is 27.3. The molecule has 0 spiro atoms. The van der Waals surface area contributed by atoms with Crippen LogP contribution < -0.4 is 0 Å². The zero-order valence-corrected chi connectivity index (χ0v) is 27.1. The number of aromatic nitrogens is 4. The van der Waals surface area contributed by atoms with Crippen molar-refractivity contribution in [1.29, 1.82) is 0 Å². The molecule has 0 unspecified atom stereocenters. The van der Waals surface area contributed by atoms with Crippen LogP contribution in [0.5, 0.6) is 0 Å². The lowest BCUT2D eigenvalue weighted by molar-refractivity contribution is 1.08. The summed E-state index contributed by atoms with van der Waals surface area (Å²) in [6.45, 7) is 0. The topological polar surface area (TPSA) is 51.6 Å². The van der Waals surface area contributed by atoms with Crippen LogP contribution in [-0.4, -0.2) is 19.9 Å². The molecule has 0 atom stereocenters. The van der Waals surface area contributed by atoms with Crippen molar-refractivity contribution in [1.82, 2.24) is 19.9 Å². The van der Waals surface area contributed by atoms with Crippen LogP contribution in [0.2, 0.25) is 0 Å². The number of hydrogen-bond acceptors (Lipinski definition) is 6. The highest BCUT2D eigenvalue weighted by atomic mass is 32.1. The molecule has 0 saturated heterocycles. The fourth-order valence-electron chi connectivity index (χ4n) is 6.75. The Hall–Kier alpha value is -5.82. The molecular formula is C42H24N4S2. The van der Waals surface area contributed by atoms with Crippen LogP contribution in [0.3, 0.4) is 0 Å². The molecule has 48 heavy (non-hydrogen) atoms. The lowest BCUT2D eigenvalue weighted by Gasteiger charge is -2.13. The molecule has 10 rings (SSSR count). The number of fused-ring (bicyclic) bond motifs is 7. The normalized spacial score (nSPS) is 11.8. The molecule has 0 bridgehead atoms. The van der Waals surface area contributed by atoms with Gasteiger partial charge < -0.3 is 0 Å². The van der Waals surface area contributed by atoms with Gasteiger partial charge in [-0.1, -0.05) is 127 Å². The summed E-state index contributed by atoms with van der Waals surface area (Å²) in [5, 5.41) is 7.99. The first-order chi connectivity index (χ1) is 23.8. The molecule has 6 heteroatoms. The van der Waals surface area contributed by atoms with E-state index in [1.807, 2.05) is 24.3 Å². The lowest BCUT2D eigenvalue weighted by atomic mass is 9.96. The minimum Gasteiger partial charge on any atom is -0.236 e. The maximum Gasteiger partial charge on any atom is 0.166 e.